The molecule has 2 aromatic heterocycles. The number of carbonyl (C=O) groups is 1. The summed E-state index contributed by atoms with van der Waals surface area (Å²) >= 11 is 0. The molecule has 0 unspecified atom stereocenters. The SMILES string of the molecule is COc1cccc(C(=O)NCc2cnn3ccccc23)c1. The number of rotatable bonds is 4. The van der Waals surface area contributed by atoms with Gasteiger partial charge in [-0.15, -0.1) is 0 Å². The van der Waals surface area contributed by atoms with Crippen molar-refractivity contribution in [3.63, 3.8) is 0 Å². The first-order valence-electron chi connectivity index (χ1n) is 6.61. The summed E-state index contributed by atoms with van der Waals surface area (Å²) in [7, 11) is 1.58. The average molecular weight is 281 g/mol. The number of ether oxygens (including phenoxy) is 1. The molecule has 0 radical (unpaired) electrons. The molecule has 3 aromatic rings. The maximum absolute atomic E-state index is 12.2. The summed E-state index contributed by atoms with van der Waals surface area (Å²) in [6.07, 6.45) is 3.64. The van der Waals surface area contributed by atoms with Crippen LogP contribution in [-0.4, -0.2) is 22.6 Å². The van der Waals surface area contributed by atoms with Crippen molar-refractivity contribution >= 4 is 11.4 Å². The lowest BCUT2D eigenvalue weighted by atomic mass is 10.2. The Balaban J connectivity index is 1.73. The third kappa shape index (κ3) is 2.72. The van der Waals surface area contributed by atoms with Crippen LogP contribution < -0.4 is 10.1 Å². The predicted octanol–water partition coefficient (Wildman–Crippen LogP) is 2.27. The maximum Gasteiger partial charge on any atom is 0.251 e. The van der Waals surface area contributed by atoms with E-state index in [1.807, 2.05) is 30.5 Å². The minimum absolute atomic E-state index is 0.135. The summed E-state index contributed by atoms with van der Waals surface area (Å²) < 4.78 is 6.90. The van der Waals surface area contributed by atoms with Crippen LogP contribution >= 0.6 is 0 Å². The second-order valence-corrected chi connectivity index (χ2v) is 4.61. The van der Waals surface area contributed by atoms with Crippen LogP contribution in [0.4, 0.5) is 0 Å². The van der Waals surface area contributed by atoms with E-state index in [1.165, 1.54) is 0 Å². The molecule has 0 aliphatic rings. The lowest BCUT2D eigenvalue weighted by molar-refractivity contribution is 0.0950. The number of hydrogen-bond donors (Lipinski definition) is 1. The molecule has 5 heteroatoms. The van der Waals surface area contributed by atoms with Gasteiger partial charge in [0.15, 0.2) is 0 Å². The molecule has 0 spiro atoms. The van der Waals surface area contributed by atoms with E-state index in [-0.39, 0.29) is 5.91 Å². The molecule has 0 saturated heterocycles. The van der Waals surface area contributed by atoms with Gasteiger partial charge >= 0.3 is 0 Å². The van der Waals surface area contributed by atoms with Gasteiger partial charge in [-0.2, -0.15) is 5.10 Å². The molecular formula is C16H15N3O2. The van der Waals surface area contributed by atoms with Gasteiger partial charge in [-0.05, 0) is 30.3 Å². The summed E-state index contributed by atoms with van der Waals surface area (Å²) in [5, 5.41) is 7.14. The molecule has 3 rings (SSSR count). The summed E-state index contributed by atoms with van der Waals surface area (Å²) in [6.45, 7) is 0.434. The highest BCUT2D eigenvalue weighted by Gasteiger charge is 2.08. The summed E-state index contributed by atoms with van der Waals surface area (Å²) in [5.41, 5.74) is 2.54. The van der Waals surface area contributed by atoms with Crippen molar-refractivity contribution in [3.8, 4) is 5.75 Å². The Morgan fingerprint density at radius 2 is 2.19 bits per heavy atom. The van der Waals surface area contributed by atoms with Gasteiger partial charge in [0.2, 0.25) is 0 Å². The summed E-state index contributed by atoms with van der Waals surface area (Å²) in [5.74, 6) is 0.530. The van der Waals surface area contributed by atoms with Crippen molar-refractivity contribution in [1.29, 1.82) is 0 Å². The molecule has 0 saturated carbocycles. The second-order valence-electron chi connectivity index (χ2n) is 4.61. The van der Waals surface area contributed by atoms with Gasteiger partial charge < -0.3 is 10.1 Å². The normalized spacial score (nSPS) is 10.5. The average Bonchev–Trinajstić information content (AvgIpc) is 2.96. The molecule has 0 aliphatic heterocycles. The Labute approximate surface area is 122 Å². The van der Waals surface area contributed by atoms with Gasteiger partial charge in [0, 0.05) is 23.9 Å². The van der Waals surface area contributed by atoms with Gasteiger partial charge in [0.1, 0.15) is 5.75 Å². The number of nitrogens with zero attached hydrogens (tertiary/aromatic N) is 2. The maximum atomic E-state index is 12.2. The fourth-order valence-corrected chi connectivity index (χ4v) is 2.17. The Hall–Kier alpha value is -2.82. The number of benzene rings is 1. The van der Waals surface area contributed by atoms with E-state index >= 15 is 0 Å². The molecule has 5 nitrogen and oxygen atoms in total. The Bertz CT molecular complexity index is 780. The van der Waals surface area contributed by atoms with Crippen molar-refractivity contribution in [3.05, 3.63) is 66.0 Å². The van der Waals surface area contributed by atoms with Crippen molar-refractivity contribution in [1.82, 2.24) is 14.9 Å². The highest BCUT2D eigenvalue weighted by atomic mass is 16.5. The topological polar surface area (TPSA) is 55.6 Å². The zero-order valence-electron chi connectivity index (χ0n) is 11.6. The molecule has 0 fully saturated rings. The lowest BCUT2D eigenvalue weighted by Crippen LogP contribution is -2.22. The number of carbonyl (C=O) groups excluding carboxylic acids is 1. The highest BCUT2D eigenvalue weighted by molar-refractivity contribution is 5.94. The molecule has 2 heterocycles. The smallest absolute Gasteiger partial charge is 0.251 e. The first kappa shape index (κ1) is 13.2. The van der Waals surface area contributed by atoms with Crippen LogP contribution in [0.15, 0.2) is 54.9 Å². The first-order valence-corrected chi connectivity index (χ1v) is 6.61. The van der Waals surface area contributed by atoms with Crippen LogP contribution in [0, 0.1) is 0 Å². The van der Waals surface area contributed by atoms with Gasteiger partial charge in [-0.25, -0.2) is 4.52 Å². The van der Waals surface area contributed by atoms with E-state index in [1.54, 1.807) is 36.0 Å². The van der Waals surface area contributed by atoms with Gasteiger partial charge in [0.25, 0.3) is 5.91 Å². The van der Waals surface area contributed by atoms with Gasteiger partial charge in [0.05, 0.1) is 18.8 Å². The fraction of sp³-hybridized carbons (Fsp3) is 0.125. The van der Waals surface area contributed by atoms with E-state index in [9.17, 15) is 4.79 Å². The van der Waals surface area contributed by atoms with Crippen molar-refractivity contribution in [2.75, 3.05) is 7.11 Å². The number of hydrogen-bond acceptors (Lipinski definition) is 3. The fourth-order valence-electron chi connectivity index (χ4n) is 2.17. The number of amides is 1. The zero-order chi connectivity index (χ0) is 14.7. The van der Waals surface area contributed by atoms with Crippen LogP contribution in [0.5, 0.6) is 5.75 Å². The molecule has 0 atom stereocenters. The van der Waals surface area contributed by atoms with Crippen LogP contribution in [0.25, 0.3) is 5.52 Å². The van der Waals surface area contributed by atoms with E-state index in [0.717, 1.165) is 11.1 Å². The highest BCUT2D eigenvalue weighted by Crippen LogP contribution is 2.13. The molecular weight excluding hydrogens is 266 g/mol. The third-order valence-electron chi connectivity index (χ3n) is 3.28. The van der Waals surface area contributed by atoms with E-state index in [4.69, 9.17) is 4.74 Å². The molecule has 0 aliphatic carbocycles. The standard InChI is InChI=1S/C16H15N3O2/c1-21-14-6-4-5-12(9-14)16(20)17-10-13-11-18-19-8-3-2-7-15(13)19/h2-9,11H,10H2,1H3,(H,17,20). The first-order chi connectivity index (χ1) is 10.3. The molecule has 0 bridgehead atoms. The van der Waals surface area contributed by atoms with Gasteiger partial charge in [-0.1, -0.05) is 12.1 Å². The quantitative estimate of drug-likeness (QED) is 0.798. The number of methoxy groups -OCH3 is 1. The lowest BCUT2D eigenvalue weighted by Gasteiger charge is -2.06. The summed E-state index contributed by atoms with van der Waals surface area (Å²) in [6, 6.07) is 12.9. The van der Waals surface area contributed by atoms with Crippen molar-refractivity contribution in [2.45, 2.75) is 6.54 Å². The van der Waals surface area contributed by atoms with Crippen LogP contribution in [-0.2, 0) is 6.54 Å². The molecule has 1 N–H and O–H groups in total. The number of aromatic nitrogens is 2. The Morgan fingerprint density at radius 3 is 3.05 bits per heavy atom. The molecule has 1 amide bonds. The third-order valence-corrected chi connectivity index (χ3v) is 3.28. The Morgan fingerprint density at radius 1 is 1.29 bits per heavy atom. The monoisotopic (exact) mass is 281 g/mol. The van der Waals surface area contributed by atoms with E-state index in [0.29, 0.717) is 17.9 Å². The molecule has 21 heavy (non-hydrogen) atoms. The van der Waals surface area contributed by atoms with Crippen molar-refractivity contribution < 1.29 is 9.53 Å². The van der Waals surface area contributed by atoms with Crippen LogP contribution in [0.2, 0.25) is 0 Å². The van der Waals surface area contributed by atoms with E-state index < -0.39 is 0 Å². The van der Waals surface area contributed by atoms with Gasteiger partial charge in [-0.3, -0.25) is 4.79 Å². The molecule has 1 aromatic carbocycles. The number of pyridine rings is 1. The number of fused-ring (bicyclic) bond motifs is 1. The molecule has 106 valence electrons. The zero-order valence-corrected chi connectivity index (χ0v) is 11.6. The second kappa shape index (κ2) is 5.66. The Kier molecular flexibility index (Phi) is 3.55. The van der Waals surface area contributed by atoms with Crippen LogP contribution in [0.1, 0.15) is 15.9 Å². The van der Waals surface area contributed by atoms with Crippen LogP contribution in [0.3, 0.4) is 0 Å². The predicted molar refractivity (Wildman–Crippen MR) is 79.4 cm³/mol. The minimum atomic E-state index is -0.135. The van der Waals surface area contributed by atoms with Crippen molar-refractivity contribution in [2.24, 2.45) is 0 Å². The number of nitrogens with one attached hydrogen (secondary N) is 1. The largest absolute Gasteiger partial charge is 0.497 e. The minimum Gasteiger partial charge on any atom is -0.497 e. The van der Waals surface area contributed by atoms with E-state index in [2.05, 4.69) is 10.4 Å². The summed E-state index contributed by atoms with van der Waals surface area (Å²) in [4.78, 5) is 12.2.